The summed E-state index contributed by atoms with van der Waals surface area (Å²) in [6, 6.07) is 9.02. The lowest BCUT2D eigenvalue weighted by atomic mass is 10.1. The van der Waals surface area contributed by atoms with Crippen LogP contribution < -0.4 is 5.32 Å². The molecule has 9 nitrogen and oxygen atoms in total. The molecule has 1 fully saturated rings. The summed E-state index contributed by atoms with van der Waals surface area (Å²) in [5, 5.41) is 20.9. The highest BCUT2D eigenvalue weighted by molar-refractivity contribution is 7.99. The Bertz CT molecular complexity index is 836. The molecule has 174 valence electrons. The number of aliphatic carboxylic acids is 1. The summed E-state index contributed by atoms with van der Waals surface area (Å²) in [7, 11) is 0. The fourth-order valence-electron chi connectivity index (χ4n) is 3.31. The number of thioether (sulfide) groups is 1. The molecule has 2 rings (SSSR count). The first-order valence-electron chi connectivity index (χ1n) is 10.3. The van der Waals surface area contributed by atoms with E-state index in [1.807, 2.05) is 12.1 Å². The van der Waals surface area contributed by atoms with Crippen LogP contribution in [-0.4, -0.2) is 63.8 Å². The normalized spacial score (nSPS) is 18.2. The van der Waals surface area contributed by atoms with Crippen molar-refractivity contribution in [1.82, 2.24) is 10.2 Å². The molecule has 0 bridgehead atoms. The molecule has 1 heterocycles. The molecule has 1 amide bonds. The van der Waals surface area contributed by atoms with Gasteiger partial charge in [-0.1, -0.05) is 30.3 Å². The van der Waals surface area contributed by atoms with Gasteiger partial charge in [-0.25, -0.2) is 9.59 Å². The van der Waals surface area contributed by atoms with Crippen LogP contribution in [0.2, 0.25) is 0 Å². The van der Waals surface area contributed by atoms with E-state index in [4.69, 9.17) is 14.7 Å². The number of hydrogen-bond acceptors (Lipinski definition) is 8. The molecule has 3 atom stereocenters. The van der Waals surface area contributed by atoms with Crippen LogP contribution in [0.5, 0.6) is 0 Å². The van der Waals surface area contributed by atoms with Crippen LogP contribution in [0.25, 0.3) is 0 Å². The van der Waals surface area contributed by atoms with Crippen LogP contribution in [-0.2, 0) is 19.1 Å². The number of hydrogen-bond donors (Lipinski definition) is 2. The largest absolute Gasteiger partial charge is 0.480 e. The Morgan fingerprint density at radius 1 is 1.31 bits per heavy atom. The molecule has 2 N–H and O–H groups in total. The van der Waals surface area contributed by atoms with E-state index in [2.05, 4.69) is 5.32 Å². The minimum absolute atomic E-state index is 0.107. The second-order valence-electron chi connectivity index (χ2n) is 8.31. The summed E-state index contributed by atoms with van der Waals surface area (Å²) in [4.78, 5) is 38.7. The molecule has 0 radical (unpaired) electrons. The molecule has 0 saturated carbocycles. The van der Waals surface area contributed by atoms with Gasteiger partial charge in [0.25, 0.3) is 0 Å². The number of benzene rings is 1. The zero-order valence-electron chi connectivity index (χ0n) is 18.4. The predicted octanol–water partition coefficient (Wildman–Crippen LogP) is 2.93. The average Bonchev–Trinajstić information content (AvgIpc) is 3.20. The summed E-state index contributed by atoms with van der Waals surface area (Å²) >= 11 is 1.17. The van der Waals surface area contributed by atoms with Gasteiger partial charge in [0, 0.05) is 17.9 Å². The highest BCUT2D eigenvalue weighted by Gasteiger charge is 2.39. The highest BCUT2D eigenvalue weighted by Crippen LogP contribution is 2.31. The minimum atomic E-state index is -1.07. The molecular formula is C22H29N3O6S. The number of esters is 1. The van der Waals surface area contributed by atoms with Crippen molar-refractivity contribution in [2.75, 3.05) is 18.1 Å². The summed E-state index contributed by atoms with van der Waals surface area (Å²) in [6.07, 6.45) is -0.586. The summed E-state index contributed by atoms with van der Waals surface area (Å²) < 4.78 is 11.0. The van der Waals surface area contributed by atoms with Crippen molar-refractivity contribution >= 4 is 29.8 Å². The predicted molar refractivity (Wildman–Crippen MR) is 119 cm³/mol. The standard InChI is InChI=1S/C22H29N3O6S/c1-22(2,3)31-21(29)24-16(14-32-13-11-23)20(28)30-18(15-8-5-4-6-9-15)25-12-7-10-17(25)19(26)27/h4-6,8-9,16-18H,7,10,12-14H2,1-3H3,(H,24,29)(H,26,27)/t16-,17-,18?/m0/s1. The first kappa shape index (κ1) is 25.5. The third kappa shape index (κ3) is 7.73. The monoisotopic (exact) mass is 463 g/mol. The first-order chi connectivity index (χ1) is 15.1. The van der Waals surface area contributed by atoms with Crippen molar-refractivity contribution in [3.05, 3.63) is 35.9 Å². The van der Waals surface area contributed by atoms with E-state index >= 15 is 0 Å². The van der Waals surface area contributed by atoms with Gasteiger partial charge in [-0.2, -0.15) is 5.26 Å². The maximum Gasteiger partial charge on any atom is 0.408 e. The highest BCUT2D eigenvalue weighted by atomic mass is 32.2. The quantitative estimate of drug-likeness (QED) is 0.419. The summed E-state index contributed by atoms with van der Waals surface area (Å²) in [6.45, 7) is 5.57. The Balaban J connectivity index is 2.23. The number of rotatable bonds is 9. The second-order valence-corrected chi connectivity index (χ2v) is 9.34. The van der Waals surface area contributed by atoms with Crippen LogP contribution in [0.1, 0.15) is 45.4 Å². The molecule has 1 aliphatic rings. The van der Waals surface area contributed by atoms with Gasteiger partial charge in [0.15, 0.2) is 6.23 Å². The maximum absolute atomic E-state index is 13.1. The Kier molecular flexibility index (Phi) is 9.35. The Morgan fingerprint density at radius 3 is 2.59 bits per heavy atom. The second kappa shape index (κ2) is 11.7. The molecule has 1 aliphatic heterocycles. The van der Waals surface area contributed by atoms with E-state index in [9.17, 15) is 19.5 Å². The van der Waals surface area contributed by atoms with Gasteiger partial charge < -0.3 is 19.9 Å². The lowest BCUT2D eigenvalue weighted by Crippen LogP contribution is -2.48. The van der Waals surface area contributed by atoms with Crippen LogP contribution in [0.3, 0.4) is 0 Å². The van der Waals surface area contributed by atoms with Crippen molar-refractivity contribution in [3.8, 4) is 6.07 Å². The van der Waals surface area contributed by atoms with Crippen LogP contribution in [0.15, 0.2) is 30.3 Å². The van der Waals surface area contributed by atoms with E-state index in [0.29, 0.717) is 24.9 Å². The van der Waals surface area contributed by atoms with Gasteiger partial charge >= 0.3 is 18.0 Å². The molecule has 1 unspecified atom stereocenters. The van der Waals surface area contributed by atoms with Crippen LogP contribution in [0, 0.1) is 11.3 Å². The number of nitrogens with one attached hydrogen (secondary N) is 1. The lowest BCUT2D eigenvalue weighted by molar-refractivity contribution is -0.168. The number of amides is 1. The smallest absolute Gasteiger partial charge is 0.408 e. The van der Waals surface area contributed by atoms with Crippen molar-refractivity contribution in [2.24, 2.45) is 0 Å². The fourth-order valence-corrected chi connectivity index (χ4v) is 3.98. The minimum Gasteiger partial charge on any atom is -0.480 e. The number of likely N-dealkylation sites (tertiary alicyclic amines) is 1. The Hall–Kier alpha value is -2.77. The molecule has 0 aromatic heterocycles. The fraction of sp³-hybridized carbons (Fsp3) is 0.545. The molecule has 10 heteroatoms. The molecule has 1 aromatic carbocycles. The average molecular weight is 464 g/mol. The number of nitrogens with zero attached hydrogens (tertiary/aromatic N) is 2. The van der Waals surface area contributed by atoms with Crippen molar-refractivity contribution in [1.29, 1.82) is 5.26 Å². The zero-order valence-corrected chi connectivity index (χ0v) is 19.3. The van der Waals surface area contributed by atoms with Gasteiger partial charge in [0.2, 0.25) is 0 Å². The number of nitriles is 1. The van der Waals surface area contributed by atoms with E-state index in [1.165, 1.54) is 11.8 Å². The third-order valence-electron chi connectivity index (χ3n) is 4.62. The molecule has 1 saturated heterocycles. The molecular weight excluding hydrogens is 434 g/mol. The molecule has 1 aromatic rings. The number of carbonyl (C=O) groups excluding carboxylic acids is 2. The van der Waals surface area contributed by atoms with Gasteiger partial charge in [0.1, 0.15) is 17.7 Å². The number of carboxylic acids is 1. The van der Waals surface area contributed by atoms with Crippen molar-refractivity contribution in [3.63, 3.8) is 0 Å². The van der Waals surface area contributed by atoms with Gasteiger partial charge in [-0.3, -0.25) is 9.69 Å². The Morgan fingerprint density at radius 2 is 2.00 bits per heavy atom. The molecule has 0 spiro atoms. The maximum atomic E-state index is 13.1. The van der Waals surface area contributed by atoms with Crippen molar-refractivity contribution in [2.45, 2.75) is 57.5 Å². The van der Waals surface area contributed by atoms with Gasteiger partial charge in [-0.15, -0.1) is 11.8 Å². The topological polar surface area (TPSA) is 129 Å². The lowest BCUT2D eigenvalue weighted by Gasteiger charge is -2.32. The number of carboxylic acid groups (broad SMARTS) is 1. The van der Waals surface area contributed by atoms with E-state index in [0.717, 1.165) is 0 Å². The van der Waals surface area contributed by atoms with Gasteiger partial charge in [-0.05, 0) is 33.6 Å². The number of ether oxygens (including phenoxy) is 2. The summed E-state index contributed by atoms with van der Waals surface area (Å²) in [5.74, 6) is -1.47. The number of carbonyl (C=O) groups is 3. The van der Waals surface area contributed by atoms with Crippen molar-refractivity contribution < 1.29 is 29.0 Å². The zero-order chi connectivity index (χ0) is 23.7. The molecule has 0 aliphatic carbocycles. The van der Waals surface area contributed by atoms with Crippen LogP contribution in [0.4, 0.5) is 4.79 Å². The summed E-state index contributed by atoms with van der Waals surface area (Å²) in [5.41, 5.74) is -0.121. The Labute approximate surface area is 192 Å². The van der Waals surface area contributed by atoms with E-state index < -0.39 is 41.9 Å². The van der Waals surface area contributed by atoms with Gasteiger partial charge in [0.05, 0.1) is 11.8 Å². The van der Waals surface area contributed by atoms with E-state index in [1.54, 1.807) is 49.9 Å². The third-order valence-corrected chi connectivity index (χ3v) is 5.52. The van der Waals surface area contributed by atoms with Crippen LogP contribution >= 0.6 is 11.8 Å². The number of alkyl carbamates (subject to hydrolysis) is 1. The molecule has 32 heavy (non-hydrogen) atoms. The SMILES string of the molecule is CC(C)(C)OC(=O)N[C@@H](CSCC#N)C(=O)OC(c1ccccc1)N1CCC[C@H]1C(=O)O. The van der Waals surface area contributed by atoms with E-state index in [-0.39, 0.29) is 11.5 Å². The first-order valence-corrected chi connectivity index (χ1v) is 11.5.